The Hall–Kier alpha value is -3.45. The minimum absolute atomic E-state index is 0.0292. The Kier molecular flexibility index (Phi) is 7.62. The number of benzene rings is 2. The van der Waals surface area contributed by atoms with Gasteiger partial charge in [-0.1, -0.05) is 57.5 Å². The second kappa shape index (κ2) is 10.8. The lowest BCUT2D eigenvalue weighted by Gasteiger charge is -2.49. The van der Waals surface area contributed by atoms with Crippen molar-refractivity contribution in [3.8, 4) is 5.75 Å². The lowest BCUT2D eigenvalue weighted by Crippen LogP contribution is -2.45. The summed E-state index contributed by atoms with van der Waals surface area (Å²) in [6.07, 6.45) is 1.77. The molecule has 2 aromatic rings. The van der Waals surface area contributed by atoms with Gasteiger partial charge in [0.1, 0.15) is 18.2 Å². The zero-order valence-corrected chi connectivity index (χ0v) is 24.6. The van der Waals surface area contributed by atoms with Gasteiger partial charge in [0.2, 0.25) is 0 Å². The van der Waals surface area contributed by atoms with Gasteiger partial charge in [0, 0.05) is 47.8 Å². The molecule has 0 saturated carbocycles. The first kappa shape index (κ1) is 29.1. The van der Waals surface area contributed by atoms with Crippen LogP contribution in [0.1, 0.15) is 76.8 Å². The molecule has 0 spiro atoms. The highest BCUT2D eigenvalue weighted by Gasteiger charge is 2.49. The maximum atomic E-state index is 13.8. The van der Waals surface area contributed by atoms with Gasteiger partial charge in [-0.05, 0) is 59.1 Å². The van der Waals surface area contributed by atoms with Gasteiger partial charge in [0.25, 0.3) is 0 Å². The molecule has 5 rings (SSSR count). The minimum Gasteiger partial charge on any atom is -0.487 e. The van der Waals surface area contributed by atoms with Gasteiger partial charge < -0.3 is 14.7 Å². The van der Waals surface area contributed by atoms with Gasteiger partial charge in [-0.3, -0.25) is 14.4 Å². The number of ether oxygens (including phenoxy) is 1. The van der Waals surface area contributed by atoms with Gasteiger partial charge >= 0.3 is 5.97 Å². The number of carbonyl (C=O) groups is 3. The molecule has 0 atom stereocenters. The summed E-state index contributed by atoms with van der Waals surface area (Å²) in [4.78, 5) is 41.3. The molecule has 2 aliphatic carbocycles. The number of aliphatic carboxylic acids is 1. The molecular formula is C33H35ClFNO5. The van der Waals surface area contributed by atoms with Crippen molar-refractivity contribution >= 4 is 29.1 Å². The summed E-state index contributed by atoms with van der Waals surface area (Å²) in [5.74, 6) is -1.46. The number of carbonyl (C=O) groups excluding carboxylic acids is 2. The van der Waals surface area contributed by atoms with Crippen LogP contribution < -0.4 is 4.74 Å². The number of allylic oxidation sites excluding steroid dienone is 4. The van der Waals surface area contributed by atoms with E-state index in [1.165, 1.54) is 12.1 Å². The second-order valence-corrected chi connectivity index (χ2v) is 13.3. The van der Waals surface area contributed by atoms with E-state index in [1.54, 1.807) is 24.3 Å². The van der Waals surface area contributed by atoms with Crippen molar-refractivity contribution in [2.75, 3.05) is 6.54 Å². The third-order valence-corrected chi connectivity index (χ3v) is 8.46. The van der Waals surface area contributed by atoms with E-state index < -0.39 is 11.9 Å². The maximum absolute atomic E-state index is 13.8. The fraction of sp³-hybridized carbons (Fsp3) is 0.424. The molecule has 1 heterocycles. The summed E-state index contributed by atoms with van der Waals surface area (Å²) >= 11 is 6.70. The predicted molar refractivity (Wildman–Crippen MR) is 154 cm³/mol. The minimum atomic E-state index is -0.928. The first-order valence-electron chi connectivity index (χ1n) is 13.9. The zero-order chi connectivity index (χ0) is 29.7. The Morgan fingerprint density at radius 2 is 1.51 bits per heavy atom. The smallest absolute Gasteiger partial charge is 0.305 e. The van der Waals surface area contributed by atoms with Crippen molar-refractivity contribution in [3.63, 3.8) is 0 Å². The first-order chi connectivity index (χ1) is 19.2. The average Bonchev–Trinajstić information content (AvgIpc) is 2.85. The van der Waals surface area contributed by atoms with Crippen molar-refractivity contribution in [3.05, 3.63) is 87.0 Å². The van der Waals surface area contributed by atoms with Crippen LogP contribution in [0.4, 0.5) is 4.39 Å². The molecule has 1 N–H and O–H groups in total. The molecule has 1 aliphatic heterocycles. The molecule has 0 saturated heterocycles. The zero-order valence-electron chi connectivity index (χ0n) is 23.9. The van der Waals surface area contributed by atoms with Gasteiger partial charge in [0.05, 0.1) is 11.4 Å². The molecule has 6 nitrogen and oxygen atoms in total. The summed E-state index contributed by atoms with van der Waals surface area (Å²) in [7, 11) is 0. The molecular weight excluding hydrogens is 545 g/mol. The summed E-state index contributed by atoms with van der Waals surface area (Å²) in [6.45, 7) is 8.58. The summed E-state index contributed by atoms with van der Waals surface area (Å²) in [5.41, 5.74) is 3.67. The molecule has 0 radical (unpaired) electrons. The molecule has 0 bridgehead atoms. The Bertz CT molecular complexity index is 1430. The number of rotatable bonds is 7. The Labute approximate surface area is 244 Å². The van der Waals surface area contributed by atoms with Crippen LogP contribution in [-0.2, 0) is 21.0 Å². The van der Waals surface area contributed by atoms with Gasteiger partial charge in [-0.25, -0.2) is 4.39 Å². The topological polar surface area (TPSA) is 83.9 Å². The second-order valence-electron chi connectivity index (χ2n) is 12.9. The highest BCUT2D eigenvalue weighted by molar-refractivity contribution is 6.32. The molecule has 3 aliphatic rings. The molecule has 41 heavy (non-hydrogen) atoms. The van der Waals surface area contributed by atoms with Crippen LogP contribution in [0.3, 0.4) is 0 Å². The lowest BCUT2D eigenvalue weighted by molar-refractivity contribution is -0.137. The Morgan fingerprint density at radius 3 is 2.02 bits per heavy atom. The normalized spacial score (nSPS) is 20.2. The number of carboxylic acid groups (broad SMARTS) is 1. The summed E-state index contributed by atoms with van der Waals surface area (Å²) < 4.78 is 19.2. The van der Waals surface area contributed by atoms with Gasteiger partial charge in [-0.2, -0.15) is 0 Å². The summed E-state index contributed by atoms with van der Waals surface area (Å²) in [5, 5.41) is 9.87. The van der Waals surface area contributed by atoms with Crippen molar-refractivity contribution in [2.24, 2.45) is 10.8 Å². The Balaban J connectivity index is 1.59. The number of ketones is 2. The highest BCUT2D eigenvalue weighted by Crippen LogP contribution is 2.54. The Morgan fingerprint density at radius 1 is 0.951 bits per heavy atom. The van der Waals surface area contributed by atoms with E-state index in [1.807, 2.05) is 38.7 Å². The number of hydrogen-bond acceptors (Lipinski definition) is 5. The molecule has 0 unspecified atom stereocenters. The quantitative estimate of drug-likeness (QED) is 0.373. The van der Waals surface area contributed by atoms with Crippen LogP contribution in [0.25, 0.3) is 0 Å². The van der Waals surface area contributed by atoms with Crippen molar-refractivity contribution < 1.29 is 28.6 Å². The molecule has 216 valence electrons. The van der Waals surface area contributed by atoms with E-state index >= 15 is 0 Å². The lowest BCUT2D eigenvalue weighted by atomic mass is 9.63. The standard InChI is InChI=1S/C33H35ClFNO5/c1-32(2)14-23-30(25(37)16-32)29(31-24(36(23)12-11-28(39)40)15-33(3,4)17-26(31)38)20-7-10-27(22(34)13-20)41-18-19-5-8-21(35)9-6-19/h5-10,13,29H,11-12,14-18H2,1-4H3,(H,39,40). The van der Waals surface area contributed by atoms with Crippen LogP contribution in [0.15, 0.2) is 65.0 Å². The van der Waals surface area contributed by atoms with Crippen molar-refractivity contribution in [1.82, 2.24) is 4.90 Å². The fourth-order valence-electron chi connectivity index (χ4n) is 6.41. The monoisotopic (exact) mass is 579 g/mol. The van der Waals surface area contributed by atoms with E-state index in [9.17, 15) is 23.9 Å². The molecule has 0 amide bonds. The molecule has 0 fully saturated rings. The number of halogens is 2. The SMILES string of the molecule is CC1(C)CC(=O)C2=C(C1)N(CCC(=O)O)C1=C(C(=O)CC(C)(C)C1)C2c1ccc(OCc2ccc(F)cc2)c(Cl)c1. The maximum Gasteiger partial charge on any atom is 0.305 e. The summed E-state index contributed by atoms with van der Waals surface area (Å²) in [6, 6.07) is 11.4. The highest BCUT2D eigenvalue weighted by atomic mass is 35.5. The van der Waals surface area contributed by atoms with Crippen LogP contribution in [0.5, 0.6) is 5.75 Å². The third-order valence-electron chi connectivity index (χ3n) is 8.17. The fourth-order valence-corrected chi connectivity index (χ4v) is 6.66. The van der Waals surface area contributed by atoms with Gasteiger partial charge in [-0.15, -0.1) is 0 Å². The van der Waals surface area contributed by atoms with Crippen LogP contribution in [0, 0.1) is 16.6 Å². The first-order valence-corrected chi connectivity index (χ1v) is 14.3. The van der Waals surface area contributed by atoms with E-state index in [0.29, 0.717) is 47.6 Å². The molecule has 0 aromatic heterocycles. The number of Topliss-reactive ketones (excluding diaryl/α,β-unsaturated/α-hetero) is 2. The average molecular weight is 580 g/mol. The number of nitrogens with zero attached hydrogens (tertiary/aromatic N) is 1. The molecule has 2 aromatic carbocycles. The van der Waals surface area contributed by atoms with Crippen molar-refractivity contribution in [2.45, 2.75) is 72.3 Å². The van der Waals surface area contributed by atoms with Crippen LogP contribution in [-0.4, -0.2) is 34.1 Å². The largest absolute Gasteiger partial charge is 0.487 e. The van der Waals surface area contributed by atoms with E-state index in [2.05, 4.69) is 0 Å². The van der Waals surface area contributed by atoms with Crippen LogP contribution >= 0.6 is 11.6 Å². The van der Waals surface area contributed by atoms with Crippen molar-refractivity contribution in [1.29, 1.82) is 0 Å². The number of carboxylic acids is 1. The van der Waals surface area contributed by atoms with E-state index in [0.717, 1.165) is 22.5 Å². The van der Waals surface area contributed by atoms with Crippen LogP contribution in [0.2, 0.25) is 5.02 Å². The van der Waals surface area contributed by atoms with E-state index in [-0.39, 0.29) is 47.8 Å². The predicted octanol–water partition coefficient (Wildman–Crippen LogP) is 7.22. The molecule has 8 heteroatoms. The number of hydrogen-bond donors (Lipinski definition) is 1. The van der Waals surface area contributed by atoms with Gasteiger partial charge in [0.15, 0.2) is 11.6 Å². The van der Waals surface area contributed by atoms with E-state index in [4.69, 9.17) is 16.3 Å². The third kappa shape index (κ3) is 5.96.